The number of amides is 1. The Hall–Kier alpha value is -1.22. The number of carbonyl (C=O) groups is 2. The van der Waals surface area contributed by atoms with Gasteiger partial charge < -0.3 is 34.4 Å². The number of nitrogens with one attached hydrogen (secondary N) is 1. The molecule has 0 saturated carbocycles. The molecule has 0 heterocycles. The second-order valence-corrected chi connectivity index (χ2v) is 11.2. The van der Waals surface area contributed by atoms with Gasteiger partial charge in [-0.05, 0) is 19.8 Å². The van der Waals surface area contributed by atoms with Gasteiger partial charge in [0, 0.05) is 18.0 Å². The van der Waals surface area contributed by atoms with Crippen LogP contribution in [0, 0.1) is 5.92 Å². The fraction of sp³-hybridized carbons (Fsp3) is 0.789. The zero-order valence-electron chi connectivity index (χ0n) is 18.6. The van der Waals surface area contributed by atoms with Crippen LogP contribution in [0.1, 0.15) is 58.3 Å². The van der Waals surface area contributed by atoms with Crippen LogP contribution in [0.4, 0.5) is 4.79 Å². The minimum Gasteiger partial charge on any atom is -0.462 e. The zero-order chi connectivity index (χ0) is 24.6. The van der Waals surface area contributed by atoms with E-state index >= 15 is 0 Å². The number of rotatable bonds is 18. The first kappa shape index (κ1) is 30.8. The molecule has 188 valence electrons. The van der Waals surface area contributed by atoms with E-state index in [1.165, 1.54) is 0 Å². The molecule has 0 aliphatic rings. The molecule has 0 fully saturated rings. The van der Waals surface area contributed by atoms with Crippen LogP contribution in [-0.2, 0) is 23.4 Å². The van der Waals surface area contributed by atoms with E-state index in [1.54, 1.807) is 6.92 Å². The molecular formula is C19H37NO10P2. The average molecular weight is 501 g/mol. The summed E-state index contributed by atoms with van der Waals surface area (Å²) < 4.78 is 32.0. The molecule has 0 unspecified atom stereocenters. The van der Waals surface area contributed by atoms with Gasteiger partial charge in [0.1, 0.15) is 0 Å². The van der Waals surface area contributed by atoms with Gasteiger partial charge in [0.15, 0.2) is 0 Å². The van der Waals surface area contributed by atoms with E-state index in [0.29, 0.717) is 18.7 Å². The number of hydrogen-bond acceptors (Lipinski definition) is 6. The molecule has 5 N–H and O–H groups in total. The van der Waals surface area contributed by atoms with Crippen LogP contribution >= 0.6 is 15.2 Å². The van der Waals surface area contributed by atoms with Crippen LogP contribution in [0.5, 0.6) is 0 Å². The summed E-state index contributed by atoms with van der Waals surface area (Å²) in [7, 11) is -9.00. The minimum atomic E-state index is -4.50. The molecule has 0 aliphatic heterocycles. The Morgan fingerprint density at radius 3 is 1.78 bits per heavy atom. The third-order valence-electron chi connectivity index (χ3n) is 4.36. The normalized spacial score (nSPS) is 11.9. The van der Waals surface area contributed by atoms with E-state index in [-0.39, 0.29) is 5.97 Å². The van der Waals surface area contributed by atoms with Crippen LogP contribution in [0.3, 0.4) is 0 Å². The highest BCUT2D eigenvalue weighted by Crippen LogP contribution is 2.43. The maximum Gasteiger partial charge on any atom is 0.407 e. The molecule has 0 aliphatic carbocycles. The van der Waals surface area contributed by atoms with Gasteiger partial charge in [0.2, 0.25) is 0 Å². The molecule has 0 saturated heterocycles. The highest BCUT2D eigenvalue weighted by molar-refractivity contribution is 7.52. The van der Waals surface area contributed by atoms with Gasteiger partial charge in [-0.1, -0.05) is 45.1 Å². The molecule has 32 heavy (non-hydrogen) atoms. The van der Waals surface area contributed by atoms with Crippen molar-refractivity contribution in [2.45, 2.75) is 58.3 Å². The summed E-state index contributed by atoms with van der Waals surface area (Å²) >= 11 is 0. The lowest BCUT2D eigenvalue weighted by atomic mass is 10.1. The number of hydrogen-bond donors (Lipinski definition) is 5. The fourth-order valence-electron chi connectivity index (χ4n) is 2.85. The van der Waals surface area contributed by atoms with Gasteiger partial charge in [-0.25, -0.2) is 9.59 Å². The largest absolute Gasteiger partial charge is 0.462 e. The molecule has 11 nitrogen and oxygen atoms in total. The topological polar surface area (TPSA) is 180 Å². The first-order valence-corrected chi connectivity index (χ1v) is 14.2. The van der Waals surface area contributed by atoms with E-state index < -0.39 is 46.1 Å². The number of carbonyl (C=O) groups excluding carboxylic acids is 2. The smallest absolute Gasteiger partial charge is 0.407 e. The second kappa shape index (κ2) is 16.4. The van der Waals surface area contributed by atoms with Crippen LogP contribution in [0.15, 0.2) is 12.2 Å². The van der Waals surface area contributed by atoms with E-state index in [9.17, 15) is 18.7 Å². The van der Waals surface area contributed by atoms with E-state index in [1.807, 2.05) is 0 Å². The lowest BCUT2D eigenvalue weighted by molar-refractivity contribution is -0.139. The highest BCUT2D eigenvalue weighted by atomic mass is 31.2. The van der Waals surface area contributed by atoms with Crippen LogP contribution < -0.4 is 5.32 Å². The van der Waals surface area contributed by atoms with Crippen molar-refractivity contribution in [1.29, 1.82) is 0 Å². The molecule has 0 rings (SSSR count). The van der Waals surface area contributed by atoms with Gasteiger partial charge in [0.05, 0.1) is 25.5 Å². The third kappa shape index (κ3) is 20.7. The predicted molar refractivity (Wildman–Crippen MR) is 119 cm³/mol. The number of unbranched alkanes of at least 4 members (excludes halogenated alkanes) is 7. The fourth-order valence-corrected chi connectivity index (χ4v) is 4.86. The molecular weight excluding hydrogens is 464 g/mol. The molecule has 1 amide bonds. The zero-order valence-corrected chi connectivity index (χ0v) is 20.4. The summed E-state index contributed by atoms with van der Waals surface area (Å²) in [4.78, 5) is 58.8. The first-order chi connectivity index (χ1) is 14.8. The number of ether oxygens (including phenoxy) is 2. The second-order valence-electron chi connectivity index (χ2n) is 7.83. The van der Waals surface area contributed by atoms with Gasteiger partial charge >= 0.3 is 27.3 Å². The Labute approximate surface area is 189 Å². The Morgan fingerprint density at radius 2 is 1.31 bits per heavy atom. The van der Waals surface area contributed by atoms with Crippen molar-refractivity contribution in [2.24, 2.45) is 5.92 Å². The molecule has 0 aromatic heterocycles. The maximum atomic E-state index is 11.7. The van der Waals surface area contributed by atoms with Crippen LogP contribution in [0.25, 0.3) is 0 Å². The maximum absolute atomic E-state index is 11.7. The van der Waals surface area contributed by atoms with Crippen molar-refractivity contribution < 1.29 is 47.8 Å². The molecule has 0 aromatic rings. The highest BCUT2D eigenvalue weighted by Gasteiger charge is 2.29. The lowest BCUT2D eigenvalue weighted by Crippen LogP contribution is -2.29. The molecule has 0 bridgehead atoms. The summed E-state index contributed by atoms with van der Waals surface area (Å²) in [5.41, 5.74) is 0.400. The summed E-state index contributed by atoms with van der Waals surface area (Å²) in [5.74, 6) is -1.50. The molecule has 13 heteroatoms. The van der Waals surface area contributed by atoms with Gasteiger partial charge in [-0.15, -0.1) is 0 Å². The van der Waals surface area contributed by atoms with E-state index in [0.717, 1.165) is 51.4 Å². The van der Waals surface area contributed by atoms with E-state index in [2.05, 4.69) is 11.9 Å². The minimum absolute atomic E-state index is 0.357. The van der Waals surface area contributed by atoms with Crippen LogP contribution in [0.2, 0.25) is 0 Å². The SMILES string of the molecule is C=C(C)C(=O)OCCCCCCCCCCNC(=O)OCC(CP(=O)(O)O)CP(=O)(O)O. The number of esters is 1. The third-order valence-corrected chi connectivity index (χ3v) is 6.35. The lowest BCUT2D eigenvalue weighted by Gasteiger charge is -2.18. The summed E-state index contributed by atoms with van der Waals surface area (Å²) in [5, 5.41) is 2.51. The molecule has 0 radical (unpaired) electrons. The van der Waals surface area contributed by atoms with Gasteiger partial charge in [0.25, 0.3) is 0 Å². The predicted octanol–water partition coefficient (Wildman–Crippen LogP) is 2.92. The van der Waals surface area contributed by atoms with Crippen molar-refractivity contribution in [3.05, 3.63) is 12.2 Å². The Morgan fingerprint density at radius 1 is 0.844 bits per heavy atom. The Balaban J connectivity index is 3.73. The summed E-state index contributed by atoms with van der Waals surface area (Å²) in [6.07, 6.45) is 5.32. The Kier molecular flexibility index (Phi) is 15.8. The van der Waals surface area contributed by atoms with Crippen molar-refractivity contribution in [2.75, 3.05) is 32.1 Å². The van der Waals surface area contributed by atoms with Gasteiger partial charge in [-0.2, -0.15) is 0 Å². The summed E-state index contributed by atoms with van der Waals surface area (Å²) in [6.45, 7) is 5.42. The molecule has 0 atom stereocenters. The molecule has 0 spiro atoms. The monoisotopic (exact) mass is 501 g/mol. The Bertz CT molecular complexity index is 649. The number of alkyl carbamates (subject to hydrolysis) is 1. The van der Waals surface area contributed by atoms with Crippen LogP contribution in [-0.4, -0.2) is 63.7 Å². The quantitative estimate of drug-likeness (QED) is 0.0811. The van der Waals surface area contributed by atoms with Crippen molar-refractivity contribution >= 4 is 27.3 Å². The van der Waals surface area contributed by atoms with Crippen molar-refractivity contribution in [3.8, 4) is 0 Å². The average Bonchev–Trinajstić information content (AvgIpc) is 2.64. The standard InChI is InChI=1S/C19H37NO10P2/c1-16(2)18(21)29-12-10-8-6-4-3-5-7-9-11-20-19(22)30-13-17(14-31(23,24)25)15-32(26,27)28/h17H,1,3-15H2,2H3,(H,20,22)(H2,23,24,25)(H2,26,27,28). The first-order valence-electron chi connectivity index (χ1n) is 10.6. The van der Waals surface area contributed by atoms with E-state index in [4.69, 9.17) is 29.0 Å². The van der Waals surface area contributed by atoms with Gasteiger partial charge in [-0.3, -0.25) is 9.13 Å². The van der Waals surface area contributed by atoms with Crippen molar-refractivity contribution in [1.82, 2.24) is 5.32 Å². The summed E-state index contributed by atoms with van der Waals surface area (Å²) in [6, 6.07) is 0. The molecule has 0 aromatic carbocycles. The van der Waals surface area contributed by atoms with Crippen molar-refractivity contribution in [3.63, 3.8) is 0 Å².